The summed E-state index contributed by atoms with van der Waals surface area (Å²) < 4.78 is 10.3. The molecule has 2 saturated heterocycles. The number of carbonyl (C=O) groups excluding carboxylic acids is 3. The molecule has 2 aliphatic rings. The number of methoxy groups -OCH3 is 2. The Labute approximate surface area is 238 Å². The van der Waals surface area contributed by atoms with Crippen molar-refractivity contribution in [3.63, 3.8) is 0 Å². The molecular weight excluding hydrogens is 508 g/mol. The maximum absolute atomic E-state index is 12.1. The van der Waals surface area contributed by atoms with Crippen molar-refractivity contribution in [2.45, 2.75) is 71.6 Å². The second kappa shape index (κ2) is 14.3. The highest BCUT2D eigenvalue weighted by Crippen LogP contribution is 2.32. The number of carbonyl (C=O) groups is 3. The monoisotopic (exact) mass is 552 g/mol. The molecule has 8 nitrogen and oxygen atoms in total. The zero-order valence-corrected chi connectivity index (χ0v) is 24.6. The lowest BCUT2D eigenvalue weighted by molar-refractivity contribution is -0.130. The summed E-state index contributed by atoms with van der Waals surface area (Å²) in [5, 5.41) is 9.92. The predicted octanol–water partition coefficient (Wildman–Crippen LogP) is 4.96. The molecule has 4 rings (SSSR count). The molecule has 2 aromatic carbocycles. The summed E-state index contributed by atoms with van der Waals surface area (Å²) in [5.74, 6) is 1.93. The smallest absolute Gasteiger partial charge is 0.223 e. The molecule has 2 aromatic rings. The van der Waals surface area contributed by atoms with Crippen LogP contribution in [0.15, 0.2) is 48.5 Å². The van der Waals surface area contributed by atoms with Gasteiger partial charge in [-0.2, -0.15) is 0 Å². The van der Waals surface area contributed by atoms with Crippen LogP contribution in [0.5, 0.6) is 11.5 Å². The number of ether oxygens (including phenoxy) is 2. The second-order valence-electron chi connectivity index (χ2n) is 10.7. The third-order valence-electron chi connectivity index (χ3n) is 8.24. The highest BCUT2D eigenvalue weighted by Gasteiger charge is 2.37. The number of rotatable bonds is 10. The number of amides is 2. The van der Waals surface area contributed by atoms with Crippen LogP contribution in [0.1, 0.15) is 76.6 Å². The van der Waals surface area contributed by atoms with E-state index in [-0.39, 0.29) is 47.6 Å². The Morgan fingerprint density at radius 2 is 1.27 bits per heavy atom. The minimum absolute atomic E-state index is 0.0111. The lowest BCUT2D eigenvalue weighted by Crippen LogP contribution is -2.30. The summed E-state index contributed by atoms with van der Waals surface area (Å²) in [6.07, 6.45) is 1.63. The zero-order valence-electron chi connectivity index (χ0n) is 24.6. The first kappa shape index (κ1) is 31.1. The van der Waals surface area contributed by atoms with Gasteiger partial charge in [0.1, 0.15) is 17.3 Å². The van der Waals surface area contributed by atoms with E-state index in [0.29, 0.717) is 38.8 Å². The zero-order chi connectivity index (χ0) is 29.4. The van der Waals surface area contributed by atoms with Gasteiger partial charge >= 0.3 is 0 Å². The van der Waals surface area contributed by atoms with Gasteiger partial charge in [0.2, 0.25) is 11.8 Å². The maximum atomic E-state index is 12.1. The van der Waals surface area contributed by atoms with E-state index in [1.807, 2.05) is 81.1 Å². The van der Waals surface area contributed by atoms with Crippen molar-refractivity contribution in [2.24, 2.45) is 11.8 Å². The molecule has 218 valence electrons. The van der Waals surface area contributed by atoms with Gasteiger partial charge in [-0.15, -0.1) is 0 Å². The standard InChI is InChI=1S/C16H23NO3.C16H21NO3/c2*1-4-15(18)13-9-16(19)17(10-13)11(2)12-5-7-14(20-3)8-6-12/h5-8,11,13,15,18H,4,9-10H2,1-3H3;5-8,11,13H,4,9-10H2,1-3H3/t11-,13-,15-;11-,13-/m11/s1. The van der Waals surface area contributed by atoms with Crippen molar-refractivity contribution in [1.82, 2.24) is 9.80 Å². The van der Waals surface area contributed by atoms with Gasteiger partial charge in [0, 0.05) is 44.2 Å². The summed E-state index contributed by atoms with van der Waals surface area (Å²) in [5.41, 5.74) is 2.15. The van der Waals surface area contributed by atoms with Crippen LogP contribution in [-0.2, 0) is 14.4 Å². The van der Waals surface area contributed by atoms with Crippen LogP contribution < -0.4 is 9.47 Å². The number of nitrogens with zero attached hydrogens (tertiary/aromatic N) is 2. The van der Waals surface area contributed by atoms with Gasteiger partial charge in [-0.25, -0.2) is 0 Å². The number of benzene rings is 2. The lowest BCUT2D eigenvalue weighted by Gasteiger charge is -2.26. The van der Waals surface area contributed by atoms with E-state index >= 15 is 0 Å². The van der Waals surface area contributed by atoms with E-state index in [1.165, 1.54) is 0 Å². The molecule has 5 atom stereocenters. The normalized spacial score (nSPS) is 21.0. The van der Waals surface area contributed by atoms with E-state index in [4.69, 9.17) is 9.47 Å². The van der Waals surface area contributed by atoms with Crippen molar-refractivity contribution in [3.8, 4) is 11.5 Å². The van der Waals surface area contributed by atoms with Crippen molar-refractivity contribution < 1.29 is 29.0 Å². The van der Waals surface area contributed by atoms with Gasteiger partial charge < -0.3 is 24.4 Å². The topological polar surface area (TPSA) is 96.4 Å². The van der Waals surface area contributed by atoms with Crippen LogP contribution in [0.4, 0.5) is 0 Å². The van der Waals surface area contributed by atoms with Crippen LogP contribution in [0.2, 0.25) is 0 Å². The fraction of sp³-hybridized carbons (Fsp3) is 0.531. The van der Waals surface area contributed by atoms with E-state index in [9.17, 15) is 19.5 Å². The number of aliphatic hydroxyl groups excluding tert-OH is 1. The SMILES string of the molecule is CCC(=O)[C@@H]1CC(=O)N([C@H](C)c2ccc(OC)cc2)C1.CC[C@@H](O)[C@@H]1CC(=O)N([C@H](C)c2ccc(OC)cc2)C1. The quantitative estimate of drug-likeness (QED) is 0.448. The largest absolute Gasteiger partial charge is 0.497 e. The number of likely N-dealkylation sites (tertiary alicyclic amines) is 2. The summed E-state index contributed by atoms with van der Waals surface area (Å²) in [6, 6.07) is 15.5. The molecule has 2 amide bonds. The Morgan fingerprint density at radius 3 is 1.70 bits per heavy atom. The summed E-state index contributed by atoms with van der Waals surface area (Å²) in [6.45, 7) is 9.01. The number of hydrogen-bond acceptors (Lipinski definition) is 6. The molecule has 0 unspecified atom stereocenters. The first-order valence-corrected chi connectivity index (χ1v) is 14.2. The molecule has 0 aliphatic carbocycles. The number of aliphatic hydroxyl groups is 1. The maximum Gasteiger partial charge on any atom is 0.223 e. The average Bonchev–Trinajstić information content (AvgIpc) is 3.58. The molecule has 1 N–H and O–H groups in total. The molecule has 0 radical (unpaired) electrons. The second-order valence-corrected chi connectivity index (χ2v) is 10.7. The number of ketones is 1. The Balaban J connectivity index is 0.000000220. The Bertz CT molecular complexity index is 1130. The minimum atomic E-state index is -0.382. The molecule has 0 saturated carbocycles. The van der Waals surface area contributed by atoms with Crippen molar-refractivity contribution >= 4 is 17.6 Å². The fourth-order valence-electron chi connectivity index (χ4n) is 5.46. The number of hydrogen-bond donors (Lipinski definition) is 1. The first-order valence-electron chi connectivity index (χ1n) is 14.2. The lowest BCUT2D eigenvalue weighted by atomic mass is 9.99. The summed E-state index contributed by atoms with van der Waals surface area (Å²) >= 11 is 0. The van der Waals surface area contributed by atoms with E-state index in [0.717, 1.165) is 22.6 Å². The van der Waals surface area contributed by atoms with Crippen molar-refractivity contribution in [1.29, 1.82) is 0 Å². The van der Waals surface area contributed by atoms with Crippen molar-refractivity contribution in [3.05, 3.63) is 59.7 Å². The van der Waals surface area contributed by atoms with E-state index < -0.39 is 0 Å². The third-order valence-corrected chi connectivity index (χ3v) is 8.24. The molecule has 8 heteroatoms. The fourth-order valence-corrected chi connectivity index (χ4v) is 5.46. The number of Topliss-reactive ketones (excluding diaryl/α,β-unsaturated/α-hetero) is 1. The molecule has 0 bridgehead atoms. The molecular formula is C32H44N2O6. The molecule has 2 aliphatic heterocycles. The van der Waals surface area contributed by atoms with Gasteiger partial charge in [0.15, 0.2) is 0 Å². The van der Waals surface area contributed by atoms with Crippen LogP contribution in [0.3, 0.4) is 0 Å². The minimum Gasteiger partial charge on any atom is -0.497 e. The van der Waals surface area contributed by atoms with E-state index in [1.54, 1.807) is 19.1 Å². The highest BCUT2D eigenvalue weighted by atomic mass is 16.5. The first-order chi connectivity index (χ1) is 19.1. The molecule has 0 aromatic heterocycles. The summed E-state index contributed by atoms with van der Waals surface area (Å²) in [4.78, 5) is 39.6. The Kier molecular flexibility index (Phi) is 11.1. The van der Waals surface area contributed by atoms with Crippen molar-refractivity contribution in [2.75, 3.05) is 27.3 Å². The van der Waals surface area contributed by atoms with E-state index in [2.05, 4.69) is 0 Å². The summed E-state index contributed by atoms with van der Waals surface area (Å²) in [7, 11) is 3.27. The van der Waals surface area contributed by atoms with Crippen LogP contribution in [0.25, 0.3) is 0 Å². The van der Waals surface area contributed by atoms with Gasteiger partial charge in [-0.1, -0.05) is 38.1 Å². The molecule has 2 heterocycles. The molecule has 40 heavy (non-hydrogen) atoms. The van der Waals surface area contributed by atoms with Gasteiger partial charge in [-0.3, -0.25) is 14.4 Å². The molecule has 2 fully saturated rings. The van der Waals surface area contributed by atoms with Gasteiger partial charge in [0.25, 0.3) is 0 Å². The third kappa shape index (κ3) is 7.42. The van der Waals surface area contributed by atoms with Crippen LogP contribution in [-0.4, -0.2) is 65.9 Å². The average molecular weight is 553 g/mol. The van der Waals surface area contributed by atoms with Gasteiger partial charge in [0.05, 0.1) is 32.4 Å². The Hall–Kier alpha value is -3.39. The van der Waals surface area contributed by atoms with Crippen LogP contribution >= 0.6 is 0 Å². The Morgan fingerprint density at radius 1 is 0.825 bits per heavy atom. The van der Waals surface area contributed by atoms with Crippen LogP contribution in [0, 0.1) is 11.8 Å². The van der Waals surface area contributed by atoms with Gasteiger partial charge in [-0.05, 0) is 55.7 Å². The molecule has 0 spiro atoms. The predicted molar refractivity (Wildman–Crippen MR) is 154 cm³/mol. The highest BCUT2D eigenvalue weighted by molar-refractivity contribution is 5.90.